The van der Waals surface area contributed by atoms with E-state index in [0.717, 1.165) is 0 Å². The first kappa shape index (κ1) is 31.0. The standard InChI is InChI=1S/C47H43BN2S/c1-45(2,3)28-20-22-30(23-21-28)50-37-24-25-40-42(31-14-9-12-19-39(31)51-40)41(37)32-26-29(46(4,5)6)27-38-43(32)48(50)35-17-13-16-34-44(35)49(38)36-18-11-10-15-33(36)47(34,7)8/h9-27H,1-8H3. The van der Waals surface area contributed by atoms with E-state index >= 15 is 0 Å². The molecule has 51 heavy (non-hydrogen) atoms. The maximum atomic E-state index is 2.68. The summed E-state index contributed by atoms with van der Waals surface area (Å²) in [7, 11) is 0. The highest BCUT2D eigenvalue weighted by Crippen LogP contribution is 2.56. The minimum Gasteiger partial charge on any atom is -0.376 e. The van der Waals surface area contributed by atoms with Gasteiger partial charge in [-0.2, -0.15) is 0 Å². The second kappa shape index (κ2) is 10.2. The van der Waals surface area contributed by atoms with Crippen LogP contribution in [0.25, 0.3) is 31.3 Å². The molecule has 4 heterocycles. The van der Waals surface area contributed by atoms with Crippen molar-refractivity contribution >= 4 is 77.7 Å². The van der Waals surface area contributed by atoms with E-state index in [0.29, 0.717) is 0 Å². The third-order valence-corrected chi connectivity index (χ3v) is 13.1. The quantitative estimate of drug-likeness (QED) is 0.160. The molecule has 0 unspecified atom stereocenters. The Morgan fingerprint density at radius 2 is 1.31 bits per heavy atom. The maximum absolute atomic E-state index is 2.68. The fraction of sp³-hybridized carbons (Fsp3) is 0.234. The topological polar surface area (TPSA) is 6.48 Å². The summed E-state index contributed by atoms with van der Waals surface area (Å²) in [5.41, 5.74) is 17.3. The zero-order chi connectivity index (χ0) is 35.2. The predicted molar refractivity (Wildman–Crippen MR) is 223 cm³/mol. The van der Waals surface area contributed by atoms with Gasteiger partial charge in [-0.05, 0) is 92.0 Å². The lowest BCUT2D eigenvalue weighted by atomic mass is 9.42. The van der Waals surface area contributed by atoms with Crippen LogP contribution in [0.1, 0.15) is 77.6 Å². The van der Waals surface area contributed by atoms with Crippen molar-refractivity contribution < 1.29 is 0 Å². The molecule has 6 aromatic carbocycles. The van der Waals surface area contributed by atoms with Crippen LogP contribution in [-0.4, -0.2) is 6.85 Å². The molecule has 0 saturated heterocycles. The van der Waals surface area contributed by atoms with Crippen LogP contribution in [0.4, 0.5) is 28.4 Å². The third kappa shape index (κ3) is 4.17. The molecule has 0 amide bonds. The molecule has 3 aliphatic heterocycles. The van der Waals surface area contributed by atoms with Gasteiger partial charge in [0.15, 0.2) is 0 Å². The second-order valence-electron chi connectivity index (χ2n) is 17.4. The molecule has 0 atom stereocenters. The van der Waals surface area contributed by atoms with E-state index in [1.54, 1.807) is 0 Å². The SMILES string of the molecule is CC(C)(C)c1ccc(N2B3c4cccc5c4N(c4ccccc4C5(C)C)c4cc(C(C)(C)C)cc(c43)-c3c2ccc2sc4ccccc4c32)cc1. The summed E-state index contributed by atoms with van der Waals surface area (Å²) in [4.78, 5) is 5.31. The van der Waals surface area contributed by atoms with E-state index in [-0.39, 0.29) is 23.1 Å². The van der Waals surface area contributed by atoms with Crippen LogP contribution >= 0.6 is 11.3 Å². The number of anilines is 5. The molecule has 10 rings (SSSR count). The summed E-state index contributed by atoms with van der Waals surface area (Å²) in [5, 5.41) is 2.71. The number of benzene rings is 6. The Morgan fingerprint density at radius 1 is 0.608 bits per heavy atom. The van der Waals surface area contributed by atoms with Crippen LogP contribution in [0.3, 0.4) is 0 Å². The molecule has 3 aliphatic rings. The van der Waals surface area contributed by atoms with E-state index in [2.05, 4.69) is 180 Å². The van der Waals surface area contributed by atoms with Crippen molar-refractivity contribution in [3.63, 3.8) is 0 Å². The number of thiophene rings is 1. The first-order chi connectivity index (χ1) is 24.3. The highest BCUT2D eigenvalue weighted by atomic mass is 32.1. The van der Waals surface area contributed by atoms with Gasteiger partial charge in [-0.15, -0.1) is 11.3 Å². The molecule has 0 fully saturated rings. The van der Waals surface area contributed by atoms with Crippen molar-refractivity contribution in [2.24, 2.45) is 0 Å². The lowest BCUT2D eigenvalue weighted by Gasteiger charge is -2.51. The molecule has 0 spiro atoms. The average molecular weight is 679 g/mol. The zero-order valence-electron chi connectivity index (χ0n) is 30.8. The van der Waals surface area contributed by atoms with Gasteiger partial charge in [0.1, 0.15) is 0 Å². The number of hydrogen-bond acceptors (Lipinski definition) is 3. The molecular formula is C47H43BN2S. The van der Waals surface area contributed by atoms with Gasteiger partial charge in [-0.1, -0.05) is 128 Å². The van der Waals surface area contributed by atoms with Gasteiger partial charge in [0.2, 0.25) is 0 Å². The van der Waals surface area contributed by atoms with Crippen molar-refractivity contribution in [3.8, 4) is 11.1 Å². The summed E-state index contributed by atoms with van der Waals surface area (Å²) in [6, 6.07) is 44.5. The Hall–Kier alpha value is -4.80. The van der Waals surface area contributed by atoms with E-state index in [1.165, 1.54) is 92.9 Å². The number of nitrogens with zero attached hydrogens (tertiary/aromatic N) is 2. The minimum absolute atomic E-state index is 0.00613. The van der Waals surface area contributed by atoms with Gasteiger partial charge < -0.3 is 9.71 Å². The van der Waals surface area contributed by atoms with Crippen LogP contribution < -0.4 is 20.6 Å². The van der Waals surface area contributed by atoms with Crippen molar-refractivity contribution in [2.75, 3.05) is 9.71 Å². The summed E-state index contributed by atoms with van der Waals surface area (Å²) in [5.74, 6) is 0. The molecule has 250 valence electrons. The summed E-state index contributed by atoms with van der Waals surface area (Å²) < 4.78 is 2.68. The van der Waals surface area contributed by atoms with Crippen LogP contribution in [-0.2, 0) is 16.2 Å². The summed E-state index contributed by atoms with van der Waals surface area (Å²) >= 11 is 1.91. The predicted octanol–water partition coefficient (Wildman–Crippen LogP) is 12.0. The molecule has 1 aromatic heterocycles. The van der Waals surface area contributed by atoms with Gasteiger partial charge >= 0.3 is 6.85 Å². The van der Waals surface area contributed by atoms with Crippen LogP contribution in [0.15, 0.2) is 115 Å². The van der Waals surface area contributed by atoms with Gasteiger partial charge in [-0.25, -0.2) is 0 Å². The number of para-hydroxylation sites is 2. The Labute approximate surface area is 306 Å². The van der Waals surface area contributed by atoms with Crippen LogP contribution in [0.5, 0.6) is 0 Å². The Kier molecular flexibility index (Phi) is 6.18. The van der Waals surface area contributed by atoms with E-state index in [1.807, 2.05) is 11.3 Å². The Balaban J connectivity index is 1.39. The van der Waals surface area contributed by atoms with Crippen molar-refractivity contribution in [3.05, 3.63) is 138 Å². The first-order valence-electron chi connectivity index (χ1n) is 18.4. The molecule has 0 aliphatic carbocycles. The molecule has 0 bridgehead atoms. The smallest absolute Gasteiger partial charge is 0.333 e. The number of fused-ring (bicyclic) bond motifs is 10. The normalized spacial score (nSPS) is 15.5. The lowest BCUT2D eigenvalue weighted by molar-refractivity contribution is 0.590. The molecule has 7 aromatic rings. The first-order valence-corrected chi connectivity index (χ1v) is 19.2. The highest BCUT2D eigenvalue weighted by molar-refractivity contribution is 7.26. The summed E-state index contributed by atoms with van der Waals surface area (Å²) in [6.07, 6.45) is 0. The second-order valence-corrected chi connectivity index (χ2v) is 18.5. The van der Waals surface area contributed by atoms with Crippen molar-refractivity contribution in [1.82, 2.24) is 0 Å². The lowest BCUT2D eigenvalue weighted by Crippen LogP contribution is -2.62. The fourth-order valence-corrected chi connectivity index (χ4v) is 10.4. The fourth-order valence-electron chi connectivity index (χ4n) is 9.25. The number of hydrogen-bond donors (Lipinski definition) is 0. The monoisotopic (exact) mass is 678 g/mol. The van der Waals surface area contributed by atoms with E-state index in [9.17, 15) is 0 Å². The van der Waals surface area contributed by atoms with Gasteiger partial charge in [0, 0.05) is 53.9 Å². The molecule has 0 N–H and O–H groups in total. The van der Waals surface area contributed by atoms with E-state index < -0.39 is 0 Å². The van der Waals surface area contributed by atoms with E-state index in [4.69, 9.17) is 0 Å². The van der Waals surface area contributed by atoms with Crippen LogP contribution in [0.2, 0.25) is 0 Å². The maximum Gasteiger partial charge on any atom is 0.333 e. The summed E-state index contributed by atoms with van der Waals surface area (Å²) in [6.45, 7) is 18.8. The van der Waals surface area contributed by atoms with Gasteiger partial charge in [0.05, 0.1) is 5.69 Å². The third-order valence-electron chi connectivity index (χ3n) is 11.9. The molecule has 2 nitrogen and oxygen atoms in total. The minimum atomic E-state index is -0.145. The Bertz CT molecular complexity index is 2600. The van der Waals surface area contributed by atoms with Crippen molar-refractivity contribution in [1.29, 1.82) is 0 Å². The molecule has 4 heteroatoms. The molecule has 0 radical (unpaired) electrons. The average Bonchev–Trinajstić information content (AvgIpc) is 3.49. The highest BCUT2D eigenvalue weighted by Gasteiger charge is 2.50. The largest absolute Gasteiger partial charge is 0.376 e. The molecular weight excluding hydrogens is 635 g/mol. The van der Waals surface area contributed by atoms with Crippen LogP contribution in [0, 0.1) is 0 Å². The zero-order valence-corrected chi connectivity index (χ0v) is 31.7. The van der Waals surface area contributed by atoms with Gasteiger partial charge in [-0.3, -0.25) is 0 Å². The Morgan fingerprint density at radius 3 is 2.08 bits per heavy atom. The molecule has 0 saturated carbocycles. The van der Waals surface area contributed by atoms with Gasteiger partial charge in [0.25, 0.3) is 0 Å². The van der Waals surface area contributed by atoms with Crippen molar-refractivity contribution in [2.45, 2.75) is 71.6 Å². The number of rotatable bonds is 1.